The van der Waals surface area contributed by atoms with Crippen LogP contribution in [0.3, 0.4) is 0 Å². The topological polar surface area (TPSA) is 155 Å². The van der Waals surface area contributed by atoms with Crippen LogP contribution in [-0.4, -0.2) is 58.3 Å². The molecular formula is C28H26ClFN10OS2. The lowest BCUT2D eigenvalue weighted by Crippen LogP contribution is -2.32. The van der Waals surface area contributed by atoms with Gasteiger partial charge in [0, 0.05) is 30.1 Å². The van der Waals surface area contributed by atoms with Crippen LogP contribution in [-0.2, 0) is 24.5 Å². The first kappa shape index (κ1) is 27.9. The number of likely N-dealkylation sites (N-methyl/N-ethyl adjacent to an activating group) is 1. The lowest BCUT2D eigenvalue weighted by molar-refractivity contribution is 0.135. The Kier molecular flexibility index (Phi) is 6.94. The van der Waals surface area contributed by atoms with Crippen molar-refractivity contribution in [3.8, 4) is 17.2 Å². The Labute approximate surface area is 258 Å². The van der Waals surface area contributed by atoms with Crippen molar-refractivity contribution in [2.45, 2.75) is 32.2 Å². The summed E-state index contributed by atoms with van der Waals surface area (Å²) < 4.78 is 21.2. The molecule has 2 aliphatic rings. The van der Waals surface area contributed by atoms with Crippen molar-refractivity contribution in [2.24, 2.45) is 0 Å². The van der Waals surface area contributed by atoms with Crippen LogP contribution in [0.1, 0.15) is 28.1 Å². The number of benzene rings is 2. The minimum Gasteiger partial charge on any atom is -0.389 e. The Balaban J connectivity index is 1.48. The van der Waals surface area contributed by atoms with E-state index in [0.717, 1.165) is 47.4 Å². The summed E-state index contributed by atoms with van der Waals surface area (Å²) in [5, 5.41) is 24.4. The predicted octanol–water partition coefficient (Wildman–Crippen LogP) is 4.97. The molecule has 220 valence electrons. The van der Waals surface area contributed by atoms with E-state index < -0.39 is 5.82 Å². The Morgan fingerprint density at radius 2 is 2.00 bits per heavy atom. The fourth-order valence-corrected chi connectivity index (χ4v) is 7.77. The molecule has 15 heteroatoms. The van der Waals surface area contributed by atoms with Crippen molar-refractivity contribution in [2.75, 3.05) is 48.9 Å². The number of fused-ring (bicyclic) bond motifs is 4. The predicted molar refractivity (Wildman–Crippen MR) is 169 cm³/mol. The van der Waals surface area contributed by atoms with Crippen molar-refractivity contribution < 1.29 is 9.13 Å². The zero-order valence-electron chi connectivity index (χ0n) is 23.2. The van der Waals surface area contributed by atoms with Gasteiger partial charge in [0.25, 0.3) is 0 Å². The van der Waals surface area contributed by atoms with Gasteiger partial charge in [0.1, 0.15) is 27.7 Å². The van der Waals surface area contributed by atoms with Crippen LogP contribution in [0.2, 0.25) is 5.02 Å². The average Bonchev–Trinajstić information content (AvgIpc) is 3.79. The Morgan fingerprint density at radius 3 is 2.72 bits per heavy atom. The van der Waals surface area contributed by atoms with Crippen molar-refractivity contribution >= 4 is 77.2 Å². The smallest absolute Gasteiger partial charge is 0.227 e. The van der Waals surface area contributed by atoms with Crippen molar-refractivity contribution in [3.63, 3.8) is 0 Å². The lowest BCUT2D eigenvalue weighted by atomic mass is 9.91. The fourth-order valence-electron chi connectivity index (χ4n) is 5.92. The molecule has 43 heavy (non-hydrogen) atoms. The molecule has 2 aromatic carbocycles. The first-order chi connectivity index (χ1) is 20.7. The lowest BCUT2D eigenvalue weighted by Gasteiger charge is -2.23. The van der Waals surface area contributed by atoms with Gasteiger partial charge in [-0.15, -0.1) is 21.5 Å². The highest BCUT2D eigenvalue weighted by Gasteiger charge is 2.32. The number of ether oxygens (including phenoxy) is 1. The Morgan fingerprint density at radius 1 is 1.19 bits per heavy atom. The summed E-state index contributed by atoms with van der Waals surface area (Å²) in [5.41, 5.74) is 15.7. The van der Waals surface area contributed by atoms with Gasteiger partial charge in [0.05, 0.1) is 45.9 Å². The number of nitrogens with one attached hydrogen (secondary N) is 1. The van der Waals surface area contributed by atoms with Crippen LogP contribution in [0.15, 0.2) is 12.1 Å². The number of rotatable bonds is 6. The first-order valence-corrected chi connectivity index (χ1v) is 15.5. The van der Waals surface area contributed by atoms with E-state index in [1.54, 1.807) is 6.07 Å². The second-order valence-corrected chi connectivity index (χ2v) is 13.3. The van der Waals surface area contributed by atoms with E-state index in [4.69, 9.17) is 37.8 Å². The Bertz CT molecular complexity index is 1970. The van der Waals surface area contributed by atoms with Crippen LogP contribution in [0.5, 0.6) is 0 Å². The zero-order valence-corrected chi connectivity index (χ0v) is 25.6. The third-order valence-corrected chi connectivity index (χ3v) is 10.2. The summed E-state index contributed by atoms with van der Waals surface area (Å²) in [6.45, 7) is 2.51. The van der Waals surface area contributed by atoms with Crippen molar-refractivity contribution in [1.82, 2.24) is 25.1 Å². The van der Waals surface area contributed by atoms with Gasteiger partial charge in [-0.1, -0.05) is 29.0 Å². The monoisotopic (exact) mass is 636 g/mol. The molecule has 3 aromatic heterocycles. The van der Waals surface area contributed by atoms with Gasteiger partial charge in [0.2, 0.25) is 11.1 Å². The SMILES string of the molecule is CN(C)[C@H]1CCN(c2nc(NCc3nnc(N)s3)c3c4c(c(-c5ccc(F)c6sc(N)c(C#N)c56)c(Cl)c3n2)COC4)C1. The normalized spacial score (nSPS) is 16.5. The minimum atomic E-state index is -0.445. The number of thiophene rings is 1. The maximum absolute atomic E-state index is 15.0. The summed E-state index contributed by atoms with van der Waals surface area (Å²) in [6.07, 6.45) is 0.975. The number of halogens is 2. The minimum absolute atomic E-state index is 0.229. The number of hydrogen-bond acceptors (Lipinski definition) is 13. The second-order valence-electron chi connectivity index (χ2n) is 10.7. The second kappa shape index (κ2) is 10.7. The van der Waals surface area contributed by atoms with Crippen molar-refractivity contribution in [1.29, 1.82) is 5.26 Å². The molecule has 11 nitrogen and oxygen atoms in total. The number of hydrogen-bond donors (Lipinski definition) is 3. The zero-order chi connectivity index (χ0) is 30.0. The largest absolute Gasteiger partial charge is 0.389 e. The molecule has 5 heterocycles. The molecule has 0 saturated carbocycles. The summed E-state index contributed by atoms with van der Waals surface area (Å²) in [7, 11) is 4.14. The van der Waals surface area contributed by atoms with Gasteiger partial charge in [-0.3, -0.25) is 0 Å². The number of nitrogens with zero attached hydrogens (tertiary/aromatic N) is 7. The van der Waals surface area contributed by atoms with E-state index in [-0.39, 0.29) is 17.2 Å². The summed E-state index contributed by atoms with van der Waals surface area (Å²) in [4.78, 5) is 14.4. The standard InChI is InChI=1S/C28H26ClFN10OS2/c1-39(2)12-5-6-40(9-12)28-35-23-21(26(36-28)34-8-18-37-38-27(33)42-18)16-11-41-10-15(16)19(22(23)29)13-3-4-17(30)24-20(13)14(7-31)25(32)43-24/h3-4,12H,5-6,8-11,32H2,1-2H3,(H2,33,38)(H,34,35,36)/t12-/m0/s1. The maximum atomic E-state index is 15.0. The molecule has 5 N–H and O–H groups in total. The van der Waals surface area contributed by atoms with E-state index in [2.05, 4.69) is 45.5 Å². The number of nitriles is 1. The quantitative estimate of drug-likeness (QED) is 0.231. The number of anilines is 4. The van der Waals surface area contributed by atoms with Gasteiger partial charge in [-0.2, -0.15) is 10.2 Å². The molecule has 7 rings (SSSR count). The van der Waals surface area contributed by atoms with E-state index >= 15 is 0 Å². The third-order valence-electron chi connectivity index (χ3n) is 8.05. The van der Waals surface area contributed by atoms with E-state index in [9.17, 15) is 9.65 Å². The van der Waals surface area contributed by atoms with Crippen LogP contribution in [0, 0.1) is 17.1 Å². The van der Waals surface area contributed by atoms with Gasteiger partial charge in [-0.25, -0.2) is 9.37 Å². The van der Waals surface area contributed by atoms with Gasteiger partial charge in [-0.05, 0) is 43.3 Å². The highest BCUT2D eigenvalue weighted by atomic mass is 35.5. The summed E-state index contributed by atoms with van der Waals surface area (Å²) >= 11 is 9.66. The molecule has 0 unspecified atom stereocenters. The molecule has 0 spiro atoms. The fraction of sp³-hybridized carbons (Fsp3) is 0.321. The molecular weight excluding hydrogens is 611 g/mol. The highest BCUT2D eigenvalue weighted by molar-refractivity contribution is 7.23. The molecule has 0 radical (unpaired) electrons. The molecule has 0 amide bonds. The number of aromatic nitrogens is 4. The summed E-state index contributed by atoms with van der Waals surface area (Å²) in [5.74, 6) is 0.697. The van der Waals surface area contributed by atoms with Gasteiger partial charge >= 0.3 is 0 Å². The number of nitrogen functional groups attached to an aromatic ring is 2. The van der Waals surface area contributed by atoms with Gasteiger partial charge in [0.15, 0.2) is 0 Å². The molecule has 1 saturated heterocycles. The average molecular weight is 637 g/mol. The Hall–Kier alpha value is -3.87. The van der Waals surface area contributed by atoms with Crippen LogP contribution >= 0.6 is 34.3 Å². The van der Waals surface area contributed by atoms with Crippen LogP contribution < -0.4 is 21.7 Å². The maximum Gasteiger partial charge on any atom is 0.227 e. The van der Waals surface area contributed by atoms with E-state index in [1.807, 2.05) is 0 Å². The third kappa shape index (κ3) is 4.59. The molecule has 0 bridgehead atoms. The highest BCUT2D eigenvalue weighted by Crippen LogP contribution is 2.49. The van der Waals surface area contributed by atoms with E-state index in [0.29, 0.717) is 72.9 Å². The molecule has 1 fully saturated rings. The van der Waals surface area contributed by atoms with Crippen LogP contribution in [0.4, 0.5) is 26.3 Å². The van der Waals surface area contributed by atoms with E-state index in [1.165, 1.54) is 17.4 Å². The number of nitrogens with two attached hydrogens (primary N) is 2. The van der Waals surface area contributed by atoms with Crippen molar-refractivity contribution in [3.05, 3.63) is 44.7 Å². The van der Waals surface area contributed by atoms with Gasteiger partial charge < -0.3 is 31.3 Å². The molecule has 0 aliphatic carbocycles. The molecule has 5 aromatic rings. The first-order valence-electron chi connectivity index (χ1n) is 13.5. The molecule has 1 atom stereocenters. The molecule has 2 aliphatic heterocycles. The van der Waals surface area contributed by atoms with Crippen LogP contribution in [0.25, 0.3) is 32.1 Å². The summed E-state index contributed by atoms with van der Waals surface area (Å²) in [6, 6.07) is 5.56.